The number of hydrogen-bond acceptors (Lipinski definition) is 2. The van der Waals surface area contributed by atoms with E-state index in [4.69, 9.17) is 6.42 Å². The molecule has 0 aliphatic carbocycles. The maximum atomic E-state index is 11.3. The molecule has 0 aliphatic heterocycles. The van der Waals surface area contributed by atoms with Crippen molar-refractivity contribution in [3.63, 3.8) is 0 Å². The van der Waals surface area contributed by atoms with Crippen LogP contribution in [0.15, 0.2) is 0 Å². The summed E-state index contributed by atoms with van der Waals surface area (Å²) in [5.41, 5.74) is 0. The summed E-state index contributed by atoms with van der Waals surface area (Å²) in [4.78, 5) is 11.3. The lowest BCUT2D eigenvalue weighted by atomic mass is 10.2. The van der Waals surface area contributed by atoms with Crippen LogP contribution in [0.25, 0.3) is 0 Å². The van der Waals surface area contributed by atoms with E-state index < -0.39 is 0 Å². The minimum Gasteiger partial charge on any atom is -0.354 e. The van der Waals surface area contributed by atoms with Gasteiger partial charge in [0, 0.05) is 19.0 Å². The molecule has 0 aromatic rings. The molecule has 0 aliphatic rings. The largest absolute Gasteiger partial charge is 0.354 e. The molecule has 0 bridgehead atoms. The zero-order valence-electron chi connectivity index (χ0n) is 9.26. The Labute approximate surface area is 86.6 Å². The number of amides is 1. The Morgan fingerprint density at radius 1 is 1.50 bits per heavy atom. The molecule has 0 rings (SSSR count). The lowest BCUT2D eigenvalue weighted by Gasteiger charge is -2.12. The molecular formula is C11H20N2O. The molecule has 0 aromatic carbocycles. The molecule has 0 aromatic heterocycles. The Hall–Kier alpha value is -1.01. The van der Waals surface area contributed by atoms with Gasteiger partial charge in [-0.05, 0) is 20.3 Å². The molecule has 3 nitrogen and oxygen atoms in total. The highest BCUT2D eigenvalue weighted by Gasteiger charge is 2.05. The standard InChI is InChI=1S/C11H20N2O/c1-5-9(3)12-8-7-11(14)13-10(4)6-2/h1,9-10,12H,6-8H2,2-4H3,(H,13,14). The maximum Gasteiger partial charge on any atom is 0.221 e. The molecule has 0 heterocycles. The summed E-state index contributed by atoms with van der Waals surface area (Å²) < 4.78 is 0. The third-order valence-electron chi connectivity index (χ3n) is 2.07. The Bertz CT molecular complexity index is 208. The second-order valence-corrected chi connectivity index (χ2v) is 3.47. The molecule has 14 heavy (non-hydrogen) atoms. The molecule has 3 heteroatoms. The highest BCUT2D eigenvalue weighted by molar-refractivity contribution is 5.76. The first kappa shape index (κ1) is 13.0. The van der Waals surface area contributed by atoms with E-state index in [0.717, 1.165) is 6.42 Å². The first-order chi connectivity index (χ1) is 6.60. The lowest BCUT2D eigenvalue weighted by Crippen LogP contribution is -2.35. The predicted molar refractivity (Wildman–Crippen MR) is 58.8 cm³/mol. The summed E-state index contributed by atoms with van der Waals surface area (Å²) >= 11 is 0. The van der Waals surface area contributed by atoms with Gasteiger partial charge in [0.2, 0.25) is 5.91 Å². The van der Waals surface area contributed by atoms with Gasteiger partial charge < -0.3 is 10.6 Å². The van der Waals surface area contributed by atoms with Crippen molar-refractivity contribution in [2.24, 2.45) is 0 Å². The first-order valence-corrected chi connectivity index (χ1v) is 5.09. The summed E-state index contributed by atoms with van der Waals surface area (Å²) in [6.07, 6.45) is 6.62. The van der Waals surface area contributed by atoms with E-state index in [-0.39, 0.29) is 18.0 Å². The summed E-state index contributed by atoms with van der Waals surface area (Å²) in [5.74, 6) is 2.63. The highest BCUT2D eigenvalue weighted by atomic mass is 16.1. The van der Waals surface area contributed by atoms with Crippen LogP contribution in [0.1, 0.15) is 33.6 Å². The summed E-state index contributed by atoms with van der Waals surface area (Å²) in [6.45, 7) is 6.57. The topological polar surface area (TPSA) is 41.1 Å². The van der Waals surface area contributed by atoms with Crippen LogP contribution < -0.4 is 10.6 Å². The molecule has 0 saturated heterocycles. The van der Waals surface area contributed by atoms with Gasteiger partial charge in [0.1, 0.15) is 0 Å². The number of carbonyl (C=O) groups excluding carboxylic acids is 1. The first-order valence-electron chi connectivity index (χ1n) is 5.09. The number of rotatable bonds is 6. The Balaban J connectivity index is 3.51. The maximum absolute atomic E-state index is 11.3. The molecule has 0 radical (unpaired) electrons. The lowest BCUT2D eigenvalue weighted by molar-refractivity contribution is -0.121. The van der Waals surface area contributed by atoms with Gasteiger partial charge in [0.25, 0.3) is 0 Å². The Morgan fingerprint density at radius 2 is 2.14 bits per heavy atom. The fourth-order valence-electron chi connectivity index (χ4n) is 0.910. The molecule has 1 amide bonds. The minimum absolute atomic E-state index is 0.0337. The van der Waals surface area contributed by atoms with Crippen molar-refractivity contribution in [2.45, 2.75) is 45.7 Å². The SMILES string of the molecule is C#CC(C)NCCC(=O)NC(C)CC. The summed E-state index contributed by atoms with van der Waals surface area (Å²) in [5, 5.41) is 5.95. The van der Waals surface area contributed by atoms with Crippen molar-refractivity contribution < 1.29 is 4.79 Å². The van der Waals surface area contributed by atoms with Gasteiger partial charge in [0.05, 0.1) is 6.04 Å². The average Bonchev–Trinajstić information content (AvgIpc) is 2.17. The third kappa shape index (κ3) is 6.50. The smallest absolute Gasteiger partial charge is 0.221 e. The van der Waals surface area contributed by atoms with E-state index in [1.807, 2.05) is 20.8 Å². The van der Waals surface area contributed by atoms with Crippen molar-refractivity contribution in [2.75, 3.05) is 6.54 Å². The summed E-state index contributed by atoms with van der Waals surface area (Å²) in [6, 6.07) is 0.291. The minimum atomic E-state index is 0.0337. The number of carbonyl (C=O) groups is 1. The van der Waals surface area contributed by atoms with E-state index in [1.54, 1.807) is 0 Å². The van der Waals surface area contributed by atoms with Crippen molar-refractivity contribution in [3.8, 4) is 12.3 Å². The average molecular weight is 196 g/mol. The van der Waals surface area contributed by atoms with Gasteiger partial charge >= 0.3 is 0 Å². The van der Waals surface area contributed by atoms with E-state index >= 15 is 0 Å². The molecule has 80 valence electrons. The van der Waals surface area contributed by atoms with Crippen LogP contribution in [0, 0.1) is 12.3 Å². The van der Waals surface area contributed by atoms with Crippen LogP contribution in [-0.2, 0) is 4.79 Å². The molecule has 0 fully saturated rings. The van der Waals surface area contributed by atoms with E-state index in [9.17, 15) is 4.79 Å². The predicted octanol–water partition coefficient (Wildman–Crippen LogP) is 0.902. The Morgan fingerprint density at radius 3 is 2.64 bits per heavy atom. The van der Waals surface area contributed by atoms with Crippen LogP contribution in [0.5, 0.6) is 0 Å². The van der Waals surface area contributed by atoms with Gasteiger partial charge in [0.15, 0.2) is 0 Å². The van der Waals surface area contributed by atoms with Crippen LogP contribution in [0.4, 0.5) is 0 Å². The quantitative estimate of drug-likeness (QED) is 0.620. The summed E-state index contributed by atoms with van der Waals surface area (Å²) in [7, 11) is 0. The van der Waals surface area contributed by atoms with Crippen LogP contribution in [0.2, 0.25) is 0 Å². The third-order valence-corrected chi connectivity index (χ3v) is 2.07. The van der Waals surface area contributed by atoms with Gasteiger partial charge in [-0.15, -0.1) is 6.42 Å². The van der Waals surface area contributed by atoms with E-state index in [1.165, 1.54) is 0 Å². The number of hydrogen-bond donors (Lipinski definition) is 2. The van der Waals surface area contributed by atoms with Crippen molar-refractivity contribution >= 4 is 5.91 Å². The van der Waals surface area contributed by atoms with Crippen molar-refractivity contribution in [1.82, 2.24) is 10.6 Å². The zero-order valence-corrected chi connectivity index (χ0v) is 9.26. The fourth-order valence-corrected chi connectivity index (χ4v) is 0.910. The molecule has 2 N–H and O–H groups in total. The molecule has 0 saturated carbocycles. The molecule has 2 atom stereocenters. The van der Waals surface area contributed by atoms with Crippen molar-refractivity contribution in [3.05, 3.63) is 0 Å². The van der Waals surface area contributed by atoms with Gasteiger partial charge in [-0.25, -0.2) is 0 Å². The number of terminal acetylenes is 1. The molecule has 0 spiro atoms. The number of nitrogens with one attached hydrogen (secondary N) is 2. The monoisotopic (exact) mass is 196 g/mol. The zero-order chi connectivity index (χ0) is 11.0. The van der Waals surface area contributed by atoms with Crippen LogP contribution in [0.3, 0.4) is 0 Å². The second kappa shape index (κ2) is 7.40. The second-order valence-electron chi connectivity index (χ2n) is 3.47. The van der Waals surface area contributed by atoms with Gasteiger partial charge in [-0.3, -0.25) is 4.79 Å². The normalized spacial score (nSPS) is 14.1. The van der Waals surface area contributed by atoms with Crippen molar-refractivity contribution in [1.29, 1.82) is 0 Å². The van der Waals surface area contributed by atoms with E-state index in [2.05, 4.69) is 16.6 Å². The van der Waals surface area contributed by atoms with Gasteiger partial charge in [-0.1, -0.05) is 12.8 Å². The van der Waals surface area contributed by atoms with Gasteiger partial charge in [-0.2, -0.15) is 0 Å². The highest BCUT2D eigenvalue weighted by Crippen LogP contribution is 1.89. The molecular weight excluding hydrogens is 176 g/mol. The molecule has 2 unspecified atom stereocenters. The van der Waals surface area contributed by atoms with E-state index in [0.29, 0.717) is 13.0 Å². The Kier molecular flexibility index (Phi) is 6.87. The fraction of sp³-hybridized carbons (Fsp3) is 0.727. The van der Waals surface area contributed by atoms with Crippen LogP contribution >= 0.6 is 0 Å². The van der Waals surface area contributed by atoms with Crippen LogP contribution in [-0.4, -0.2) is 24.5 Å².